The van der Waals surface area contributed by atoms with Crippen LogP contribution >= 0.6 is 0 Å². The Morgan fingerprint density at radius 2 is 0.725 bits per heavy atom. The van der Waals surface area contributed by atoms with Gasteiger partial charge in [-0.15, -0.1) is 0 Å². The molecule has 0 atom stereocenters. The van der Waals surface area contributed by atoms with Gasteiger partial charge in [0.25, 0.3) is 0 Å². The molecule has 0 fully saturated rings. The molecular formula is C40H28. The van der Waals surface area contributed by atoms with Gasteiger partial charge in [-0.1, -0.05) is 158 Å². The van der Waals surface area contributed by atoms with Gasteiger partial charge in [-0.05, 0) is 78.2 Å². The number of fused-ring (bicyclic) bond motifs is 2. The molecule has 40 heavy (non-hydrogen) atoms. The molecule has 0 aliphatic heterocycles. The van der Waals surface area contributed by atoms with E-state index in [0.717, 1.165) is 0 Å². The van der Waals surface area contributed by atoms with Crippen LogP contribution in [0.15, 0.2) is 170 Å². The zero-order chi connectivity index (χ0) is 26.7. The fourth-order valence-corrected chi connectivity index (χ4v) is 5.76. The summed E-state index contributed by atoms with van der Waals surface area (Å²) in [5.41, 5.74) is 9.75. The van der Waals surface area contributed by atoms with Crippen LogP contribution in [0.5, 0.6) is 0 Å². The minimum Gasteiger partial charge on any atom is -0.0622 e. The molecule has 0 bridgehead atoms. The van der Waals surface area contributed by atoms with E-state index in [1.807, 2.05) is 0 Å². The lowest BCUT2D eigenvalue weighted by molar-refractivity contribution is 1.50. The Morgan fingerprint density at radius 3 is 1.25 bits per heavy atom. The third kappa shape index (κ3) is 4.51. The molecule has 0 heteroatoms. The Morgan fingerprint density at radius 1 is 0.300 bits per heavy atom. The highest BCUT2D eigenvalue weighted by Gasteiger charge is 2.16. The van der Waals surface area contributed by atoms with E-state index in [1.54, 1.807) is 0 Å². The van der Waals surface area contributed by atoms with Crippen molar-refractivity contribution in [3.63, 3.8) is 0 Å². The minimum absolute atomic E-state index is 1.20. The highest BCUT2D eigenvalue weighted by atomic mass is 14.2. The minimum atomic E-state index is 1.20. The first kappa shape index (κ1) is 23.9. The SMILES string of the molecule is c1ccc(C(=C(c2ccccc2)c2ccc(-c3cccc4cc5ccccc5cc34)cc2)c2ccccc2)cc1. The first-order valence-electron chi connectivity index (χ1n) is 13.8. The summed E-state index contributed by atoms with van der Waals surface area (Å²) in [6.45, 7) is 0. The Kier molecular flexibility index (Phi) is 6.28. The average molecular weight is 509 g/mol. The lowest BCUT2D eigenvalue weighted by atomic mass is 9.85. The summed E-state index contributed by atoms with van der Waals surface area (Å²) < 4.78 is 0. The van der Waals surface area contributed by atoms with E-state index in [1.165, 1.54) is 66.1 Å². The van der Waals surface area contributed by atoms with Crippen LogP contribution in [-0.4, -0.2) is 0 Å². The van der Waals surface area contributed by atoms with Crippen LogP contribution in [0.1, 0.15) is 22.3 Å². The third-order valence-electron chi connectivity index (χ3n) is 7.67. The maximum absolute atomic E-state index is 2.33. The van der Waals surface area contributed by atoms with Gasteiger partial charge in [0.15, 0.2) is 0 Å². The third-order valence-corrected chi connectivity index (χ3v) is 7.67. The van der Waals surface area contributed by atoms with Crippen LogP contribution in [0.4, 0.5) is 0 Å². The van der Waals surface area contributed by atoms with Gasteiger partial charge in [0.2, 0.25) is 0 Å². The van der Waals surface area contributed by atoms with Gasteiger partial charge in [-0.2, -0.15) is 0 Å². The molecule has 0 aliphatic rings. The topological polar surface area (TPSA) is 0 Å². The molecular weight excluding hydrogens is 480 g/mol. The quantitative estimate of drug-likeness (QED) is 0.160. The maximum Gasteiger partial charge on any atom is -0.00268 e. The molecule has 0 N–H and O–H groups in total. The normalized spacial score (nSPS) is 11.0. The fraction of sp³-hybridized carbons (Fsp3) is 0. The van der Waals surface area contributed by atoms with Crippen molar-refractivity contribution in [2.24, 2.45) is 0 Å². The smallest absolute Gasteiger partial charge is 0.00268 e. The summed E-state index contributed by atoms with van der Waals surface area (Å²) in [4.78, 5) is 0. The van der Waals surface area contributed by atoms with Crippen molar-refractivity contribution in [3.8, 4) is 11.1 Å². The van der Waals surface area contributed by atoms with Crippen molar-refractivity contribution < 1.29 is 0 Å². The largest absolute Gasteiger partial charge is 0.0622 e. The van der Waals surface area contributed by atoms with Gasteiger partial charge in [0, 0.05) is 0 Å². The second-order valence-electron chi connectivity index (χ2n) is 10.2. The Labute approximate surface area is 235 Å². The maximum atomic E-state index is 2.33. The molecule has 7 aromatic carbocycles. The average Bonchev–Trinajstić information content (AvgIpc) is 3.04. The predicted molar refractivity (Wildman–Crippen MR) is 171 cm³/mol. The second kappa shape index (κ2) is 10.5. The van der Waals surface area contributed by atoms with E-state index in [0.29, 0.717) is 0 Å². The van der Waals surface area contributed by atoms with E-state index in [2.05, 4.69) is 170 Å². The number of hydrogen-bond donors (Lipinski definition) is 0. The summed E-state index contributed by atoms with van der Waals surface area (Å²) in [7, 11) is 0. The van der Waals surface area contributed by atoms with Gasteiger partial charge in [0.1, 0.15) is 0 Å². The summed E-state index contributed by atoms with van der Waals surface area (Å²) in [6.07, 6.45) is 0. The molecule has 0 amide bonds. The second-order valence-corrected chi connectivity index (χ2v) is 10.2. The summed E-state index contributed by atoms with van der Waals surface area (Å²) in [6, 6.07) is 61.2. The lowest BCUT2D eigenvalue weighted by Gasteiger charge is -2.18. The van der Waals surface area contributed by atoms with Crippen LogP contribution < -0.4 is 0 Å². The molecule has 7 aromatic rings. The van der Waals surface area contributed by atoms with E-state index in [-0.39, 0.29) is 0 Å². The summed E-state index contributed by atoms with van der Waals surface area (Å²) in [5.74, 6) is 0. The fourth-order valence-electron chi connectivity index (χ4n) is 5.76. The molecule has 188 valence electrons. The summed E-state index contributed by atoms with van der Waals surface area (Å²) in [5, 5.41) is 5.08. The molecule has 0 heterocycles. The van der Waals surface area contributed by atoms with Gasteiger partial charge in [-0.3, -0.25) is 0 Å². The Hall–Kier alpha value is -5.20. The first-order chi connectivity index (χ1) is 19.8. The number of rotatable bonds is 5. The molecule has 0 radical (unpaired) electrons. The lowest BCUT2D eigenvalue weighted by Crippen LogP contribution is -1.97. The van der Waals surface area contributed by atoms with Crippen LogP contribution in [0.2, 0.25) is 0 Å². The van der Waals surface area contributed by atoms with Crippen LogP contribution in [0.3, 0.4) is 0 Å². The summed E-state index contributed by atoms with van der Waals surface area (Å²) >= 11 is 0. The molecule has 0 saturated heterocycles. The van der Waals surface area contributed by atoms with E-state index < -0.39 is 0 Å². The molecule has 0 saturated carbocycles. The van der Waals surface area contributed by atoms with E-state index >= 15 is 0 Å². The van der Waals surface area contributed by atoms with E-state index in [9.17, 15) is 0 Å². The van der Waals surface area contributed by atoms with Crippen LogP contribution in [0, 0.1) is 0 Å². The molecule has 0 aromatic heterocycles. The van der Waals surface area contributed by atoms with Gasteiger partial charge in [-0.25, -0.2) is 0 Å². The Bertz CT molecular complexity index is 1910. The van der Waals surface area contributed by atoms with Crippen molar-refractivity contribution in [2.75, 3.05) is 0 Å². The molecule has 0 spiro atoms. The van der Waals surface area contributed by atoms with Crippen LogP contribution in [0.25, 0.3) is 43.8 Å². The number of benzene rings is 7. The van der Waals surface area contributed by atoms with Gasteiger partial charge < -0.3 is 0 Å². The molecule has 0 aliphatic carbocycles. The van der Waals surface area contributed by atoms with Crippen LogP contribution in [-0.2, 0) is 0 Å². The predicted octanol–water partition coefficient (Wildman–Crippen LogP) is 10.7. The first-order valence-corrected chi connectivity index (χ1v) is 13.8. The molecule has 0 nitrogen and oxygen atoms in total. The standard InChI is InChI=1S/C40H28/c1-4-13-30(14-5-1)39(31-15-6-2-7-16-31)40(32-17-8-3-9-18-32)33-25-23-29(24-26-33)37-22-12-21-36-27-34-19-10-11-20-35(34)28-38(36)37/h1-28H. The number of hydrogen-bond acceptors (Lipinski definition) is 0. The zero-order valence-electron chi connectivity index (χ0n) is 22.2. The highest BCUT2D eigenvalue weighted by Crippen LogP contribution is 2.38. The molecule has 7 rings (SSSR count). The van der Waals surface area contributed by atoms with Crippen molar-refractivity contribution in [1.82, 2.24) is 0 Å². The molecule has 0 unspecified atom stereocenters. The zero-order valence-corrected chi connectivity index (χ0v) is 22.2. The van der Waals surface area contributed by atoms with Crippen molar-refractivity contribution in [2.45, 2.75) is 0 Å². The Balaban J connectivity index is 1.43. The highest BCUT2D eigenvalue weighted by molar-refractivity contribution is 6.06. The van der Waals surface area contributed by atoms with Gasteiger partial charge >= 0.3 is 0 Å². The van der Waals surface area contributed by atoms with Crippen molar-refractivity contribution >= 4 is 32.7 Å². The van der Waals surface area contributed by atoms with E-state index in [4.69, 9.17) is 0 Å². The monoisotopic (exact) mass is 508 g/mol. The van der Waals surface area contributed by atoms with Gasteiger partial charge in [0.05, 0.1) is 0 Å². The van der Waals surface area contributed by atoms with Crippen molar-refractivity contribution in [3.05, 3.63) is 192 Å². The van der Waals surface area contributed by atoms with Crippen molar-refractivity contribution in [1.29, 1.82) is 0 Å².